The summed E-state index contributed by atoms with van der Waals surface area (Å²) in [7, 11) is 0. The van der Waals surface area contributed by atoms with Crippen LogP contribution in [0.4, 0.5) is 5.95 Å². The minimum atomic E-state index is 0.118. The van der Waals surface area contributed by atoms with Gasteiger partial charge in [-0.1, -0.05) is 68.5 Å². The fraction of sp³-hybridized carbons (Fsp3) is 0.447. The number of fused-ring (bicyclic) bond motifs is 2. The molecular formula is C38H46N4O2. The van der Waals surface area contributed by atoms with Gasteiger partial charge in [-0.05, 0) is 90.8 Å². The summed E-state index contributed by atoms with van der Waals surface area (Å²) in [6.45, 7) is 8.66. The van der Waals surface area contributed by atoms with Crippen LogP contribution < -0.4 is 9.64 Å². The summed E-state index contributed by atoms with van der Waals surface area (Å²) in [5, 5.41) is 0. The number of benzene rings is 2. The van der Waals surface area contributed by atoms with E-state index in [1.165, 1.54) is 27.8 Å². The molecule has 2 aromatic carbocycles. The topological polar surface area (TPSA) is 58.6 Å². The minimum Gasteiger partial charge on any atom is -0.493 e. The monoisotopic (exact) mass is 590 g/mol. The molecule has 2 saturated heterocycles. The van der Waals surface area contributed by atoms with Gasteiger partial charge in [-0.15, -0.1) is 0 Å². The van der Waals surface area contributed by atoms with E-state index in [2.05, 4.69) is 100 Å². The van der Waals surface area contributed by atoms with Crippen molar-refractivity contribution < 1.29 is 9.53 Å². The summed E-state index contributed by atoms with van der Waals surface area (Å²) in [5.41, 5.74) is 6.56. The number of piperidine rings is 2. The number of likely N-dealkylation sites (tertiary alicyclic amines) is 1. The smallest absolute Gasteiger partial charge is 0.225 e. The Morgan fingerprint density at radius 1 is 0.977 bits per heavy atom. The molecule has 0 atom stereocenters. The number of amides is 1. The van der Waals surface area contributed by atoms with Crippen LogP contribution >= 0.6 is 0 Å². The standard InChI is InChI=1S/C38H46N4O2/c1-3-29-26-39-37(40-27-29)42-22-17-30(18-23-42)28-44-34-14-12-32(13-15-34)31(4-2)9-7-11-36(43)41-24-20-38(21-25-41)19-16-33-8-5-6-10-35(33)38/h5-6,8-10,12-16,19,26-27,30H,3-4,7,11,17-18,20-25,28H2,1-2H3/b31-9+. The molecule has 3 aliphatic rings. The first-order valence-electron chi connectivity index (χ1n) is 16.6. The average Bonchev–Trinajstić information content (AvgIpc) is 3.44. The van der Waals surface area contributed by atoms with E-state index in [1.54, 1.807) is 0 Å². The molecule has 230 valence electrons. The van der Waals surface area contributed by atoms with Crippen molar-refractivity contribution in [2.75, 3.05) is 37.7 Å². The summed E-state index contributed by atoms with van der Waals surface area (Å²) >= 11 is 0. The van der Waals surface area contributed by atoms with Crippen molar-refractivity contribution in [3.8, 4) is 5.75 Å². The number of rotatable bonds is 10. The Labute approximate surface area is 262 Å². The van der Waals surface area contributed by atoms with Crippen LogP contribution in [-0.4, -0.2) is 53.6 Å². The fourth-order valence-corrected chi connectivity index (χ4v) is 6.99. The second-order valence-corrected chi connectivity index (χ2v) is 12.6. The number of ether oxygens (including phenoxy) is 1. The van der Waals surface area contributed by atoms with Crippen molar-refractivity contribution in [2.24, 2.45) is 5.92 Å². The molecular weight excluding hydrogens is 544 g/mol. The molecule has 1 spiro atoms. The lowest BCUT2D eigenvalue weighted by Crippen LogP contribution is -2.43. The van der Waals surface area contributed by atoms with Crippen molar-refractivity contribution in [3.63, 3.8) is 0 Å². The molecule has 1 amide bonds. The van der Waals surface area contributed by atoms with E-state index in [-0.39, 0.29) is 11.3 Å². The van der Waals surface area contributed by atoms with E-state index in [1.807, 2.05) is 12.4 Å². The number of hydrogen-bond donors (Lipinski definition) is 0. The van der Waals surface area contributed by atoms with Gasteiger partial charge in [0.25, 0.3) is 0 Å². The lowest BCUT2D eigenvalue weighted by atomic mass is 9.74. The van der Waals surface area contributed by atoms with E-state index < -0.39 is 0 Å². The maximum Gasteiger partial charge on any atom is 0.225 e. The number of aryl methyl sites for hydroxylation is 1. The second-order valence-electron chi connectivity index (χ2n) is 12.6. The molecule has 2 fully saturated rings. The number of nitrogens with zero attached hydrogens (tertiary/aromatic N) is 4. The highest BCUT2D eigenvalue weighted by molar-refractivity contribution is 5.77. The van der Waals surface area contributed by atoms with Gasteiger partial charge in [-0.25, -0.2) is 9.97 Å². The van der Waals surface area contributed by atoms with Crippen molar-refractivity contribution in [1.29, 1.82) is 0 Å². The Kier molecular flexibility index (Phi) is 9.44. The number of carbonyl (C=O) groups excluding carboxylic acids is 1. The highest BCUT2D eigenvalue weighted by Gasteiger charge is 2.38. The summed E-state index contributed by atoms with van der Waals surface area (Å²) in [4.78, 5) is 26.5. The minimum absolute atomic E-state index is 0.118. The number of allylic oxidation sites excluding steroid dienone is 3. The SMILES string of the molecule is CC/C(=C\CCC(=O)N1CCC2(C=Cc3ccccc32)CC1)c1ccc(OCC2CCN(c3ncc(CC)cn3)CC2)cc1. The maximum absolute atomic E-state index is 13.1. The summed E-state index contributed by atoms with van der Waals surface area (Å²) in [5.74, 6) is 2.58. The Morgan fingerprint density at radius 3 is 2.41 bits per heavy atom. The van der Waals surface area contributed by atoms with Gasteiger partial charge in [-0.2, -0.15) is 0 Å². The largest absolute Gasteiger partial charge is 0.493 e. The summed E-state index contributed by atoms with van der Waals surface area (Å²) in [6.07, 6.45) is 18.2. The van der Waals surface area contributed by atoms with Crippen molar-refractivity contribution >= 4 is 23.5 Å². The zero-order chi connectivity index (χ0) is 30.4. The number of anilines is 1. The lowest BCUT2D eigenvalue weighted by molar-refractivity contribution is -0.132. The third kappa shape index (κ3) is 6.74. The van der Waals surface area contributed by atoms with Crippen LogP contribution in [0.2, 0.25) is 0 Å². The Morgan fingerprint density at radius 2 is 1.70 bits per heavy atom. The Hall–Kier alpha value is -3.93. The van der Waals surface area contributed by atoms with Crippen LogP contribution in [0.3, 0.4) is 0 Å². The zero-order valence-electron chi connectivity index (χ0n) is 26.4. The molecule has 6 rings (SSSR count). The fourth-order valence-electron chi connectivity index (χ4n) is 6.99. The predicted molar refractivity (Wildman–Crippen MR) is 179 cm³/mol. The van der Waals surface area contributed by atoms with E-state index in [4.69, 9.17) is 4.74 Å². The van der Waals surface area contributed by atoms with Gasteiger partial charge in [0.05, 0.1) is 6.61 Å². The molecule has 6 nitrogen and oxygen atoms in total. The number of hydrogen-bond acceptors (Lipinski definition) is 5. The summed E-state index contributed by atoms with van der Waals surface area (Å²) < 4.78 is 6.20. The van der Waals surface area contributed by atoms with E-state index in [9.17, 15) is 4.79 Å². The van der Waals surface area contributed by atoms with E-state index >= 15 is 0 Å². The molecule has 6 heteroatoms. The molecule has 3 aromatic rings. The first-order valence-corrected chi connectivity index (χ1v) is 16.6. The van der Waals surface area contributed by atoms with E-state index in [0.29, 0.717) is 12.3 Å². The van der Waals surface area contributed by atoms with Crippen LogP contribution in [-0.2, 0) is 16.6 Å². The highest BCUT2D eigenvalue weighted by atomic mass is 16.5. The van der Waals surface area contributed by atoms with Gasteiger partial charge >= 0.3 is 0 Å². The van der Waals surface area contributed by atoms with Gasteiger partial charge in [-0.3, -0.25) is 4.79 Å². The molecule has 0 bridgehead atoms. The third-order valence-electron chi connectivity index (χ3n) is 9.93. The maximum atomic E-state index is 13.1. The van der Waals surface area contributed by atoms with Crippen LogP contribution in [0.25, 0.3) is 11.6 Å². The van der Waals surface area contributed by atoms with Gasteiger partial charge in [0.2, 0.25) is 11.9 Å². The van der Waals surface area contributed by atoms with Gasteiger partial charge in [0, 0.05) is 50.4 Å². The zero-order valence-corrected chi connectivity index (χ0v) is 26.4. The van der Waals surface area contributed by atoms with E-state index in [0.717, 1.165) is 89.4 Å². The average molecular weight is 591 g/mol. The predicted octanol–water partition coefficient (Wildman–Crippen LogP) is 7.50. The van der Waals surface area contributed by atoms with Crippen LogP contribution in [0.15, 0.2) is 73.1 Å². The molecule has 1 aromatic heterocycles. The molecule has 0 radical (unpaired) electrons. The normalized spacial score (nSPS) is 18.1. The highest BCUT2D eigenvalue weighted by Crippen LogP contribution is 2.43. The molecule has 1 aliphatic carbocycles. The van der Waals surface area contributed by atoms with Crippen molar-refractivity contribution in [2.45, 2.75) is 70.6 Å². The van der Waals surface area contributed by atoms with Gasteiger partial charge < -0.3 is 14.5 Å². The Balaban J connectivity index is 0.932. The molecule has 44 heavy (non-hydrogen) atoms. The lowest BCUT2D eigenvalue weighted by Gasteiger charge is -2.39. The quantitative estimate of drug-likeness (QED) is 0.245. The first kappa shape index (κ1) is 30.1. The molecule has 0 saturated carbocycles. The number of carbonyl (C=O) groups is 1. The van der Waals surface area contributed by atoms with Crippen LogP contribution in [0.5, 0.6) is 5.75 Å². The Bertz CT molecular complexity index is 1460. The van der Waals surface area contributed by atoms with Gasteiger partial charge in [0.15, 0.2) is 0 Å². The molecule has 0 N–H and O–H groups in total. The third-order valence-corrected chi connectivity index (χ3v) is 9.93. The van der Waals surface area contributed by atoms with Crippen LogP contribution in [0.1, 0.15) is 81.0 Å². The molecule has 0 unspecified atom stereocenters. The first-order chi connectivity index (χ1) is 21.6. The second kappa shape index (κ2) is 13.8. The summed E-state index contributed by atoms with van der Waals surface area (Å²) in [6, 6.07) is 17.2. The van der Waals surface area contributed by atoms with Crippen molar-refractivity contribution in [1.82, 2.24) is 14.9 Å². The van der Waals surface area contributed by atoms with Crippen molar-refractivity contribution in [3.05, 3.63) is 95.3 Å². The van der Waals surface area contributed by atoms with Crippen LogP contribution in [0, 0.1) is 5.92 Å². The molecule has 3 heterocycles. The molecule has 2 aliphatic heterocycles. The number of aromatic nitrogens is 2. The van der Waals surface area contributed by atoms with Gasteiger partial charge in [0.1, 0.15) is 5.75 Å².